The lowest BCUT2D eigenvalue weighted by Crippen LogP contribution is -1.99. The van der Waals surface area contributed by atoms with Gasteiger partial charge in [0.1, 0.15) is 5.75 Å². The zero-order chi connectivity index (χ0) is 20.6. The van der Waals surface area contributed by atoms with Crippen molar-refractivity contribution < 1.29 is 4.74 Å². The van der Waals surface area contributed by atoms with Gasteiger partial charge in [-0.2, -0.15) is 17.0 Å². The fourth-order valence-corrected chi connectivity index (χ4v) is 4.07. The summed E-state index contributed by atoms with van der Waals surface area (Å²) >= 11 is 2.05. The molecule has 0 radical (unpaired) electrons. The van der Waals surface area contributed by atoms with Crippen LogP contribution >= 0.6 is 11.8 Å². The highest BCUT2D eigenvalue weighted by molar-refractivity contribution is 7.99. The fraction of sp³-hybridized carbons (Fsp3) is 0.423. The Labute approximate surface area is 181 Å². The van der Waals surface area contributed by atoms with E-state index in [1.807, 2.05) is 54.2 Å². The van der Waals surface area contributed by atoms with E-state index >= 15 is 0 Å². The fourth-order valence-electron chi connectivity index (χ4n) is 3.13. The summed E-state index contributed by atoms with van der Waals surface area (Å²) in [6, 6.07) is 18.0. The normalized spacial score (nSPS) is 10.4. The lowest BCUT2D eigenvalue weighted by molar-refractivity contribution is 0.319. The summed E-state index contributed by atoms with van der Waals surface area (Å²) in [6.07, 6.45) is 12.4. The lowest BCUT2D eigenvalue weighted by atomic mass is 10.0. The Hall–Kier alpha value is -2.18. The van der Waals surface area contributed by atoms with Gasteiger partial charge in [-0.15, -0.1) is 6.58 Å². The Morgan fingerprint density at radius 3 is 2.03 bits per heavy atom. The van der Waals surface area contributed by atoms with Crippen LogP contribution in [-0.4, -0.2) is 18.1 Å². The Bertz CT molecular complexity index is 731. The maximum atomic E-state index is 8.88. The molecular weight excluding hydrogens is 374 g/mol. The van der Waals surface area contributed by atoms with Crippen LogP contribution in [0.25, 0.3) is 11.1 Å². The van der Waals surface area contributed by atoms with Gasteiger partial charge in [0.05, 0.1) is 18.2 Å². The predicted octanol–water partition coefficient (Wildman–Crippen LogP) is 7.64. The smallest absolute Gasteiger partial charge is 0.119 e. The number of nitriles is 1. The van der Waals surface area contributed by atoms with Crippen molar-refractivity contribution in [1.29, 1.82) is 5.26 Å². The average Bonchev–Trinajstić information content (AvgIpc) is 2.77. The Morgan fingerprint density at radius 2 is 1.38 bits per heavy atom. The van der Waals surface area contributed by atoms with Crippen molar-refractivity contribution in [2.75, 3.05) is 18.1 Å². The van der Waals surface area contributed by atoms with Crippen LogP contribution in [0.4, 0.5) is 0 Å². The third-order valence-electron chi connectivity index (χ3n) is 4.85. The van der Waals surface area contributed by atoms with Crippen LogP contribution in [0.15, 0.2) is 61.2 Å². The van der Waals surface area contributed by atoms with Crippen molar-refractivity contribution >= 4 is 11.8 Å². The number of ether oxygens (including phenoxy) is 1. The standard InChI is InChI=1S/C26H33NOS/c1-2-3-4-5-6-7-8-9-20-29-21-10-19-28-26-17-15-25(16-18-26)24-13-11-23(22-27)12-14-24/h2,11-18H,1,3-10,19-21H2. The summed E-state index contributed by atoms with van der Waals surface area (Å²) < 4.78 is 5.86. The molecule has 2 aromatic rings. The molecule has 0 aliphatic rings. The minimum atomic E-state index is 0.686. The van der Waals surface area contributed by atoms with E-state index in [4.69, 9.17) is 10.00 Å². The molecule has 0 atom stereocenters. The van der Waals surface area contributed by atoms with Crippen molar-refractivity contribution in [1.82, 2.24) is 0 Å². The van der Waals surface area contributed by atoms with Gasteiger partial charge in [-0.05, 0) is 72.6 Å². The Kier molecular flexibility index (Phi) is 11.8. The van der Waals surface area contributed by atoms with Crippen molar-refractivity contribution in [3.8, 4) is 22.9 Å². The van der Waals surface area contributed by atoms with Gasteiger partial charge in [-0.3, -0.25) is 0 Å². The lowest BCUT2D eigenvalue weighted by Gasteiger charge is -2.08. The minimum absolute atomic E-state index is 0.686. The monoisotopic (exact) mass is 407 g/mol. The summed E-state index contributed by atoms with van der Waals surface area (Å²) in [5.41, 5.74) is 2.94. The van der Waals surface area contributed by atoms with E-state index in [9.17, 15) is 0 Å². The number of rotatable bonds is 15. The number of thioether (sulfide) groups is 1. The molecule has 0 amide bonds. The molecule has 154 valence electrons. The molecule has 0 aromatic heterocycles. The Morgan fingerprint density at radius 1 is 0.793 bits per heavy atom. The van der Waals surface area contributed by atoms with E-state index in [0.29, 0.717) is 5.56 Å². The van der Waals surface area contributed by atoms with Crippen molar-refractivity contribution in [2.45, 2.75) is 51.4 Å². The predicted molar refractivity (Wildman–Crippen MR) is 127 cm³/mol. The molecule has 0 fully saturated rings. The molecule has 0 heterocycles. The molecule has 0 bridgehead atoms. The summed E-state index contributed by atoms with van der Waals surface area (Å²) in [5.74, 6) is 3.36. The largest absolute Gasteiger partial charge is 0.494 e. The van der Waals surface area contributed by atoms with E-state index in [2.05, 4.69) is 24.8 Å². The molecule has 0 spiro atoms. The maximum absolute atomic E-state index is 8.88. The number of allylic oxidation sites excluding steroid dienone is 1. The van der Waals surface area contributed by atoms with Gasteiger partial charge in [0.15, 0.2) is 0 Å². The van der Waals surface area contributed by atoms with Crippen LogP contribution in [0.2, 0.25) is 0 Å². The van der Waals surface area contributed by atoms with Crippen LogP contribution in [0.1, 0.15) is 56.9 Å². The first-order chi connectivity index (χ1) is 14.3. The van der Waals surface area contributed by atoms with E-state index in [1.165, 1.54) is 56.5 Å². The zero-order valence-electron chi connectivity index (χ0n) is 17.4. The van der Waals surface area contributed by atoms with E-state index in [-0.39, 0.29) is 0 Å². The van der Waals surface area contributed by atoms with Crippen LogP contribution in [-0.2, 0) is 0 Å². The number of nitrogens with zero attached hydrogens (tertiary/aromatic N) is 1. The summed E-state index contributed by atoms with van der Waals surface area (Å²) in [4.78, 5) is 0. The highest BCUT2D eigenvalue weighted by Crippen LogP contribution is 2.23. The maximum Gasteiger partial charge on any atom is 0.119 e. The van der Waals surface area contributed by atoms with Crippen molar-refractivity contribution in [3.05, 3.63) is 66.7 Å². The van der Waals surface area contributed by atoms with Crippen LogP contribution in [0.5, 0.6) is 5.75 Å². The van der Waals surface area contributed by atoms with Gasteiger partial charge in [0, 0.05) is 0 Å². The van der Waals surface area contributed by atoms with Gasteiger partial charge in [0.2, 0.25) is 0 Å². The van der Waals surface area contributed by atoms with Gasteiger partial charge in [0.25, 0.3) is 0 Å². The first-order valence-electron chi connectivity index (χ1n) is 10.8. The Balaban J connectivity index is 1.50. The second kappa shape index (κ2) is 14.8. The molecular formula is C26H33NOS. The third kappa shape index (κ3) is 9.72. The molecule has 0 unspecified atom stereocenters. The van der Waals surface area contributed by atoms with Gasteiger partial charge in [-0.1, -0.05) is 56.0 Å². The summed E-state index contributed by atoms with van der Waals surface area (Å²) in [7, 11) is 0. The van der Waals surface area contributed by atoms with E-state index < -0.39 is 0 Å². The van der Waals surface area contributed by atoms with E-state index in [0.717, 1.165) is 29.9 Å². The number of unbranched alkanes of at least 4 members (excludes halogenated alkanes) is 6. The molecule has 2 aromatic carbocycles. The van der Waals surface area contributed by atoms with Crippen molar-refractivity contribution in [3.63, 3.8) is 0 Å². The average molecular weight is 408 g/mol. The SMILES string of the molecule is C=CCCCCCCCCSCCCOc1ccc(-c2ccc(C#N)cc2)cc1. The molecule has 0 aliphatic carbocycles. The first kappa shape index (κ1) is 23.1. The molecule has 2 nitrogen and oxygen atoms in total. The molecule has 3 heteroatoms. The molecule has 0 aliphatic heterocycles. The molecule has 0 saturated carbocycles. The zero-order valence-corrected chi connectivity index (χ0v) is 18.3. The second-order valence-electron chi connectivity index (χ2n) is 7.23. The summed E-state index contributed by atoms with van der Waals surface area (Å²) in [5, 5.41) is 8.88. The summed E-state index contributed by atoms with van der Waals surface area (Å²) in [6.45, 7) is 4.54. The number of hydrogen-bond acceptors (Lipinski definition) is 3. The van der Waals surface area contributed by atoms with Crippen molar-refractivity contribution in [2.24, 2.45) is 0 Å². The van der Waals surface area contributed by atoms with Crippen LogP contribution in [0, 0.1) is 11.3 Å². The van der Waals surface area contributed by atoms with Gasteiger partial charge < -0.3 is 4.74 Å². The second-order valence-corrected chi connectivity index (χ2v) is 8.45. The molecule has 0 N–H and O–H groups in total. The minimum Gasteiger partial charge on any atom is -0.494 e. The first-order valence-corrected chi connectivity index (χ1v) is 11.9. The van der Waals surface area contributed by atoms with Gasteiger partial charge in [-0.25, -0.2) is 0 Å². The third-order valence-corrected chi connectivity index (χ3v) is 6.01. The molecule has 29 heavy (non-hydrogen) atoms. The molecule has 2 rings (SSSR count). The van der Waals surface area contributed by atoms with Crippen LogP contribution in [0.3, 0.4) is 0 Å². The van der Waals surface area contributed by atoms with Gasteiger partial charge >= 0.3 is 0 Å². The molecule has 0 saturated heterocycles. The van der Waals surface area contributed by atoms with E-state index in [1.54, 1.807) is 0 Å². The quantitative estimate of drug-likeness (QED) is 0.224. The topological polar surface area (TPSA) is 33.0 Å². The number of hydrogen-bond donors (Lipinski definition) is 0. The highest BCUT2D eigenvalue weighted by atomic mass is 32.2. The highest BCUT2D eigenvalue weighted by Gasteiger charge is 2.00. The van der Waals surface area contributed by atoms with Crippen LogP contribution < -0.4 is 4.74 Å². The number of benzene rings is 2.